The first-order chi connectivity index (χ1) is 6.25. The normalized spacial score (nSPS) is 15.9. The summed E-state index contributed by atoms with van der Waals surface area (Å²) in [5, 5.41) is 4.42. The van der Waals surface area contributed by atoms with Crippen LogP contribution in [-0.2, 0) is 4.74 Å². The van der Waals surface area contributed by atoms with E-state index in [1.165, 1.54) is 5.01 Å². The molecule has 0 bridgehead atoms. The van der Waals surface area contributed by atoms with Gasteiger partial charge in [0, 0.05) is 0 Å². The Kier molecular flexibility index (Phi) is 10.3. The van der Waals surface area contributed by atoms with Crippen LogP contribution < -0.4 is 11.2 Å². The van der Waals surface area contributed by atoms with Crippen LogP contribution in [-0.4, -0.2) is 36.8 Å². The number of amides is 1. The first-order valence-corrected chi connectivity index (χ1v) is 4.67. The highest BCUT2D eigenvalue weighted by molar-refractivity contribution is 5.85. The number of nitrogens with zero attached hydrogens (tertiary/aromatic N) is 1. The summed E-state index contributed by atoms with van der Waals surface area (Å²) in [4.78, 5) is 11.2. The molecule has 0 radical (unpaired) electrons. The van der Waals surface area contributed by atoms with Crippen molar-refractivity contribution in [1.82, 2.24) is 10.3 Å². The molecular formula is C8H19Cl2N3O2. The fourth-order valence-corrected chi connectivity index (χ4v) is 1.43. The summed E-state index contributed by atoms with van der Waals surface area (Å²) in [6.07, 6.45) is 1.37. The first kappa shape index (κ1) is 17.2. The monoisotopic (exact) mass is 259 g/mol. The lowest BCUT2D eigenvalue weighted by atomic mass is 10.1. The minimum atomic E-state index is -0.422. The van der Waals surface area contributed by atoms with Crippen LogP contribution in [0.25, 0.3) is 0 Å². The number of piperidine rings is 1. The minimum Gasteiger partial charge on any atom is -0.449 e. The van der Waals surface area contributed by atoms with Crippen LogP contribution in [0.2, 0.25) is 0 Å². The lowest BCUT2D eigenvalue weighted by Gasteiger charge is -2.29. The van der Waals surface area contributed by atoms with E-state index in [9.17, 15) is 4.79 Å². The highest BCUT2D eigenvalue weighted by Gasteiger charge is 2.23. The SMILES string of the molecule is CCOC(=O)N(N)C1CCNCC1.Cl.Cl. The Hall–Kier alpha value is -0.230. The van der Waals surface area contributed by atoms with E-state index in [-0.39, 0.29) is 30.9 Å². The molecule has 0 unspecified atom stereocenters. The van der Waals surface area contributed by atoms with E-state index < -0.39 is 6.09 Å². The molecule has 0 aromatic heterocycles. The van der Waals surface area contributed by atoms with Crippen molar-refractivity contribution in [3.8, 4) is 0 Å². The molecule has 15 heavy (non-hydrogen) atoms. The predicted octanol–water partition coefficient (Wildman–Crippen LogP) is 0.914. The van der Waals surface area contributed by atoms with Crippen molar-refractivity contribution in [3.05, 3.63) is 0 Å². The number of halogens is 2. The van der Waals surface area contributed by atoms with Crippen LogP contribution in [0.4, 0.5) is 4.79 Å². The molecule has 0 atom stereocenters. The quantitative estimate of drug-likeness (QED) is 0.440. The van der Waals surface area contributed by atoms with Crippen molar-refractivity contribution in [2.24, 2.45) is 5.84 Å². The van der Waals surface area contributed by atoms with E-state index in [2.05, 4.69) is 5.32 Å². The Labute approximate surface area is 102 Å². The Morgan fingerprint density at radius 2 is 2.00 bits per heavy atom. The van der Waals surface area contributed by atoms with E-state index in [1.807, 2.05) is 0 Å². The fourth-order valence-electron chi connectivity index (χ4n) is 1.43. The summed E-state index contributed by atoms with van der Waals surface area (Å²) >= 11 is 0. The summed E-state index contributed by atoms with van der Waals surface area (Å²) < 4.78 is 4.80. The van der Waals surface area contributed by atoms with Gasteiger partial charge in [0.2, 0.25) is 0 Å². The molecule has 0 aromatic carbocycles. The molecule has 3 N–H and O–H groups in total. The maximum absolute atomic E-state index is 11.2. The van der Waals surface area contributed by atoms with Crippen LogP contribution in [0.3, 0.4) is 0 Å². The zero-order chi connectivity index (χ0) is 9.68. The van der Waals surface area contributed by atoms with Gasteiger partial charge in [0.25, 0.3) is 0 Å². The van der Waals surface area contributed by atoms with E-state index in [1.54, 1.807) is 6.92 Å². The summed E-state index contributed by atoms with van der Waals surface area (Å²) in [6, 6.07) is 0.125. The molecule has 1 heterocycles. The van der Waals surface area contributed by atoms with Gasteiger partial charge in [-0.15, -0.1) is 24.8 Å². The van der Waals surface area contributed by atoms with Crippen molar-refractivity contribution in [1.29, 1.82) is 0 Å². The smallest absolute Gasteiger partial charge is 0.424 e. The third kappa shape index (κ3) is 5.41. The van der Waals surface area contributed by atoms with Crippen LogP contribution in [0.5, 0.6) is 0 Å². The van der Waals surface area contributed by atoms with Crippen molar-refractivity contribution in [2.45, 2.75) is 25.8 Å². The number of hydrazine groups is 1. The van der Waals surface area contributed by atoms with Gasteiger partial charge < -0.3 is 10.1 Å². The molecule has 7 heteroatoms. The largest absolute Gasteiger partial charge is 0.449 e. The summed E-state index contributed by atoms with van der Waals surface area (Å²) in [6.45, 7) is 3.97. The van der Waals surface area contributed by atoms with Crippen LogP contribution in [0, 0.1) is 0 Å². The van der Waals surface area contributed by atoms with Gasteiger partial charge in [0.15, 0.2) is 0 Å². The van der Waals surface area contributed by atoms with Crippen LogP contribution in [0.1, 0.15) is 19.8 Å². The average molecular weight is 260 g/mol. The summed E-state index contributed by atoms with van der Waals surface area (Å²) in [7, 11) is 0. The van der Waals surface area contributed by atoms with E-state index in [4.69, 9.17) is 10.6 Å². The van der Waals surface area contributed by atoms with Crippen molar-refractivity contribution < 1.29 is 9.53 Å². The second-order valence-electron chi connectivity index (χ2n) is 3.09. The number of rotatable bonds is 2. The Bertz CT molecular complexity index is 177. The topological polar surface area (TPSA) is 67.6 Å². The molecule has 5 nitrogen and oxygen atoms in total. The number of carbonyl (C=O) groups excluding carboxylic acids is 1. The Morgan fingerprint density at radius 1 is 1.47 bits per heavy atom. The zero-order valence-corrected chi connectivity index (χ0v) is 10.4. The first-order valence-electron chi connectivity index (χ1n) is 4.67. The van der Waals surface area contributed by atoms with Gasteiger partial charge in [-0.25, -0.2) is 15.6 Å². The van der Waals surface area contributed by atoms with Gasteiger partial charge >= 0.3 is 6.09 Å². The fraction of sp³-hybridized carbons (Fsp3) is 0.875. The molecule has 1 saturated heterocycles. The molecule has 1 fully saturated rings. The lowest BCUT2D eigenvalue weighted by Crippen LogP contribution is -2.50. The minimum absolute atomic E-state index is 0. The molecule has 0 aliphatic carbocycles. The lowest BCUT2D eigenvalue weighted by molar-refractivity contribution is 0.0826. The van der Waals surface area contributed by atoms with E-state index in [0.717, 1.165) is 25.9 Å². The highest BCUT2D eigenvalue weighted by Crippen LogP contribution is 2.08. The van der Waals surface area contributed by atoms with Gasteiger partial charge in [-0.3, -0.25) is 0 Å². The number of hydrogen-bond donors (Lipinski definition) is 2. The third-order valence-electron chi connectivity index (χ3n) is 2.18. The van der Waals surface area contributed by atoms with Crippen molar-refractivity contribution in [2.75, 3.05) is 19.7 Å². The van der Waals surface area contributed by atoms with Gasteiger partial charge in [0.1, 0.15) is 0 Å². The molecule has 1 rings (SSSR count). The highest BCUT2D eigenvalue weighted by atomic mass is 35.5. The van der Waals surface area contributed by atoms with Gasteiger partial charge in [-0.1, -0.05) is 0 Å². The predicted molar refractivity (Wildman–Crippen MR) is 63.4 cm³/mol. The van der Waals surface area contributed by atoms with Gasteiger partial charge in [0.05, 0.1) is 12.6 Å². The van der Waals surface area contributed by atoms with Crippen molar-refractivity contribution >= 4 is 30.9 Å². The maximum atomic E-state index is 11.2. The Balaban J connectivity index is 0. The number of nitrogens with two attached hydrogens (primary N) is 1. The van der Waals surface area contributed by atoms with Crippen LogP contribution in [0.15, 0.2) is 0 Å². The number of hydrogen-bond acceptors (Lipinski definition) is 4. The molecule has 1 aliphatic rings. The van der Waals surface area contributed by atoms with Gasteiger partial charge in [-0.05, 0) is 32.9 Å². The number of ether oxygens (including phenoxy) is 1. The van der Waals surface area contributed by atoms with Crippen LogP contribution >= 0.6 is 24.8 Å². The molecule has 0 aromatic rings. The molecule has 92 valence electrons. The zero-order valence-electron chi connectivity index (χ0n) is 8.77. The standard InChI is InChI=1S/C8H17N3O2.2ClH/c1-2-13-8(12)11(9)7-3-5-10-6-4-7;;/h7,10H,2-6,9H2,1H3;2*1H. The van der Waals surface area contributed by atoms with E-state index in [0.29, 0.717) is 6.61 Å². The second-order valence-corrected chi connectivity index (χ2v) is 3.09. The molecule has 1 amide bonds. The molecule has 0 saturated carbocycles. The maximum Gasteiger partial charge on any atom is 0.424 e. The average Bonchev–Trinajstić information content (AvgIpc) is 2.18. The van der Waals surface area contributed by atoms with Crippen molar-refractivity contribution in [3.63, 3.8) is 0 Å². The van der Waals surface area contributed by atoms with Gasteiger partial charge in [-0.2, -0.15) is 0 Å². The third-order valence-corrected chi connectivity index (χ3v) is 2.18. The number of nitrogens with one attached hydrogen (secondary N) is 1. The van der Waals surface area contributed by atoms with E-state index >= 15 is 0 Å². The number of carbonyl (C=O) groups is 1. The Morgan fingerprint density at radius 3 is 2.47 bits per heavy atom. The second kappa shape index (κ2) is 9.03. The summed E-state index contributed by atoms with van der Waals surface area (Å²) in [5.74, 6) is 5.61. The molecule has 0 spiro atoms. The molecular weight excluding hydrogens is 241 g/mol. The summed E-state index contributed by atoms with van der Waals surface area (Å²) in [5.41, 5.74) is 0. The molecule has 1 aliphatic heterocycles.